The number of halogens is 3. The van der Waals surface area contributed by atoms with E-state index >= 15 is 0 Å². The molecule has 0 bridgehead atoms. The second-order valence-electron chi connectivity index (χ2n) is 3.95. The molecule has 19 heavy (non-hydrogen) atoms. The highest BCUT2D eigenvalue weighted by Gasteiger charge is 2.11. The summed E-state index contributed by atoms with van der Waals surface area (Å²) < 4.78 is 31.1. The van der Waals surface area contributed by atoms with E-state index in [0.29, 0.717) is 10.8 Å². The maximum Gasteiger partial charge on any atom is 0.159 e. The monoisotopic (exact) mass is 284 g/mol. The Bertz CT molecular complexity index is 558. The highest BCUT2D eigenvalue weighted by atomic mass is 35.5. The zero-order chi connectivity index (χ0) is 13.8. The summed E-state index contributed by atoms with van der Waals surface area (Å²) in [7, 11) is 0. The fraction of sp³-hybridized carbons (Fsp3) is 0.143. The van der Waals surface area contributed by atoms with Crippen molar-refractivity contribution in [1.29, 1.82) is 0 Å². The van der Waals surface area contributed by atoms with Crippen molar-refractivity contribution in [1.82, 2.24) is 0 Å². The summed E-state index contributed by atoms with van der Waals surface area (Å²) in [5.74, 6) is -1.41. The molecule has 5 heteroatoms. The highest BCUT2D eigenvalue weighted by Crippen LogP contribution is 2.20. The van der Waals surface area contributed by atoms with Gasteiger partial charge in [0.25, 0.3) is 0 Å². The molecule has 2 rings (SSSR count). The second-order valence-corrected chi connectivity index (χ2v) is 4.39. The number of hydrogen-bond donors (Lipinski definition) is 1. The van der Waals surface area contributed by atoms with Crippen LogP contribution in [0.15, 0.2) is 42.5 Å². The number of ether oxygens (including phenoxy) is 1. The van der Waals surface area contributed by atoms with E-state index < -0.39 is 17.7 Å². The van der Waals surface area contributed by atoms with Crippen molar-refractivity contribution < 1.29 is 18.6 Å². The Balaban J connectivity index is 1.98. The first-order valence-corrected chi connectivity index (χ1v) is 5.95. The van der Waals surface area contributed by atoms with Crippen molar-refractivity contribution >= 4 is 11.6 Å². The minimum atomic E-state index is -1.04. The smallest absolute Gasteiger partial charge is 0.159 e. The molecule has 1 unspecified atom stereocenters. The van der Waals surface area contributed by atoms with Crippen LogP contribution in [0.3, 0.4) is 0 Å². The molecule has 1 atom stereocenters. The van der Waals surface area contributed by atoms with Crippen LogP contribution < -0.4 is 4.74 Å². The average Bonchev–Trinajstić information content (AvgIpc) is 2.41. The van der Waals surface area contributed by atoms with Gasteiger partial charge >= 0.3 is 0 Å². The van der Waals surface area contributed by atoms with Crippen LogP contribution in [0.2, 0.25) is 5.02 Å². The molecule has 0 saturated carbocycles. The van der Waals surface area contributed by atoms with Gasteiger partial charge in [0, 0.05) is 5.02 Å². The molecule has 0 heterocycles. The molecule has 0 spiro atoms. The fourth-order valence-electron chi connectivity index (χ4n) is 1.52. The molecule has 0 aromatic heterocycles. The van der Waals surface area contributed by atoms with Crippen LogP contribution in [-0.2, 0) is 0 Å². The maximum atomic E-state index is 13.0. The van der Waals surface area contributed by atoms with Crippen LogP contribution >= 0.6 is 11.6 Å². The molecule has 0 aliphatic heterocycles. The van der Waals surface area contributed by atoms with Gasteiger partial charge in [-0.1, -0.05) is 17.7 Å². The van der Waals surface area contributed by atoms with E-state index in [1.54, 1.807) is 24.3 Å². The highest BCUT2D eigenvalue weighted by molar-refractivity contribution is 6.30. The Morgan fingerprint density at radius 1 is 1.05 bits per heavy atom. The summed E-state index contributed by atoms with van der Waals surface area (Å²) >= 11 is 5.72. The molecule has 0 aliphatic carbocycles. The number of aliphatic hydroxyl groups is 1. The number of aliphatic hydroxyl groups excluding tert-OH is 1. The van der Waals surface area contributed by atoms with Crippen molar-refractivity contribution in [2.75, 3.05) is 6.61 Å². The largest absolute Gasteiger partial charge is 0.491 e. The summed E-state index contributed by atoms with van der Waals surface area (Å²) in [6.07, 6.45) is -1.04. The first-order chi connectivity index (χ1) is 9.06. The SMILES string of the molecule is OC(COc1ccc(Cl)cc1)c1ccc(F)c(F)c1. The zero-order valence-corrected chi connectivity index (χ0v) is 10.6. The van der Waals surface area contributed by atoms with Crippen LogP contribution in [0.4, 0.5) is 8.78 Å². The molecule has 0 fully saturated rings. The summed E-state index contributed by atoms with van der Waals surface area (Å²) in [5, 5.41) is 10.4. The van der Waals surface area contributed by atoms with Gasteiger partial charge < -0.3 is 9.84 Å². The summed E-state index contributed by atoms with van der Waals surface area (Å²) in [5.41, 5.74) is 0.257. The number of hydrogen-bond acceptors (Lipinski definition) is 2. The normalized spacial score (nSPS) is 12.2. The minimum Gasteiger partial charge on any atom is -0.491 e. The Labute approximate surface area is 114 Å². The van der Waals surface area contributed by atoms with E-state index in [1.807, 2.05) is 0 Å². The molecule has 2 nitrogen and oxygen atoms in total. The first kappa shape index (κ1) is 13.8. The van der Waals surface area contributed by atoms with E-state index in [4.69, 9.17) is 16.3 Å². The first-order valence-electron chi connectivity index (χ1n) is 5.57. The third kappa shape index (κ3) is 3.66. The molecule has 0 amide bonds. The quantitative estimate of drug-likeness (QED) is 0.927. The number of benzene rings is 2. The van der Waals surface area contributed by atoms with E-state index in [0.717, 1.165) is 12.1 Å². The Hall–Kier alpha value is -1.65. The Morgan fingerprint density at radius 2 is 1.74 bits per heavy atom. The predicted octanol–water partition coefficient (Wildman–Crippen LogP) is 3.73. The van der Waals surface area contributed by atoms with E-state index in [2.05, 4.69) is 0 Å². The molecule has 2 aromatic carbocycles. The van der Waals surface area contributed by atoms with Crippen molar-refractivity contribution in [2.24, 2.45) is 0 Å². The second kappa shape index (κ2) is 5.99. The lowest BCUT2D eigenvalue weighted by Crippen LogP contribution is -2.10. The van der Waals surface area contributed by atoms with Gasteiger partial charge in [-0.15, -0.1) is 0 Å². The maximum absolute atomic E-state index is 13.0. The zero-order valence-electron chi connectivity index (χ0n) is 9.82. The summed E-state index contributed by atoms with van der Waals surface area (Å²) in [6.45, 7) is -0.0628. The van der Waals surface area contributed by atoms with Gasteiger partial charge in [0.2, 0.25) is 0 Å². The third-order valence-corrected chi connectivity index (χ3v) is 2.80. The Morgan fingerprint density at radius 3 is 2.37 bits per heavy atom. The van der Waals surface area contributed by atoms with Gasteiger partial charge in [0.05, 0.1) is 0 Å². The molecule has 2 aromatic rings. The van der Waals surface area contributed by atoms with Gasteiger partial charge in [0.1, 0.15) is 18.5 Å². The lowest BCUT2D eigenvalue weighted by molar-refractivity contribution is 0.108. The lowest BCUT2D eigenvalue weighted by atomic mass is 10.1. The Kier molecular flexibility index (Phi) is 4.35. The van der Waals surface area contributed by atoms with Gasteiger partial charge in [-0.25, -0.2) is 8.78 Å². The third-order valence-electron chi connectivity index (χ3n) is 2.55. The summed E-state index contributed by atoms with van der Waals surface area (Å²) in [6, 6.07) is 9.85. The molecule has 0 aliphatic rings. The van der Waals surface area contributed by atoms with Crippen LogP contribution in [0.1, 0.15) is 11.7 Å². The predicted molar refractivity (Wildman–Crippen MR) is 68.3 cm³/mol. The number of rotatable bonds is 4. The van der Waals surface area contributed by atoms with Gasteiger partial charge in [-0.2, -0.15) is 0 Å². The van der Waals surface area contributed by atoms with Gasteiger partial charge in [-0.3, -0.25) is 0 Å². The lowest BCUT2D eigenvalue weighted by Gasteiger charge is -2.13. The topological polar surface area (TPSA) is 29.5 Å². The van der Waals surface area contributed by atoms with Crippen LogP contribution in [0.25, 0.3) is 0 Å². The molecule has 0 radical (unpaired) electrons. The van der Waals surface area contributed by atoms with E-state index in [-0.39, 0.29) is 12.2 Å². The van der Waals surface area contributed by atoms with E-state index in [9.17, 15) is 13.9 Å². The standard InChI is InChI=1S/C14H11ClF2O2/c15-10-2-4-11(5-3-10)19-8-14(18)9-1-6-12(16)13(17)7-9/h1-7,14,18H,8H2. The van der Waals surface area contributed by atoms with Crippen LogP contribution in [-0.4, -0.2) is 11.7 Å². The van der Waals surface area contributed by atoms with Gasteiger partial charge in [-0.05, 0) is 42.0 Å². The molecular weight excluding hydrogens is 274 g/mol. The fourth-order valence-corrected chi connectivity index (χ4v) is 1.65. The van der Waals surface area contributed by atoms with Crippen molar-refractivity contribution in [3.63, 3.8) is 0 Å². The summed E-state index contributed by atoms with van der Waals surface area (Å²) in [4.78, 5) is 0. The van der Waals surface area contributed by atoms with E-state index in [1.165, 1.54) is 6.07 Å². The molecule has 0 saturated heterocycles. The van der Waals surface area contributed by atoms with Crippen LogP contribution in [0.5, 0.6) is 5.75 Å². The van der Waals surface area contributed by atoms with Crippen molar-refractivity contribution in [3.05, 3.63) is 64.7 Å². The molecule has 1 N–H and O–H groups in total. The molecular formula is C14H11ClF2O2. The van der Waals surface area contributed by atoms with Crippen molar-refractivity contribution in [2.45, 2.75) is 6.10 Å². The van der Waals surface area contributed by atoms with Crippen molar-refractivity contribution in [3.8, 4) is 5.75 Å². The van der Waals surface area contributed by atoms with Crippen LogP contribution in [0, 0.1) is 11.6 Å². The molecule has 100 valence electrons. The average molecular weight is 285 g/mol. The minimum absolute atomic E-state index is 0.0628. The van der Waals surface area contributed by atoms with Gasteiger partial charge in [0.15, 0.2) is 11.6 Å².